The summed E-state index contributed by atoms with van der Waals surface area (Å²) in [6, 6.07) is 0.424. The van der Waals surface area contributed by atoms with Gasteiger partial charge in [0, 0.05) is 35.6 Å². The molecule has 0 saturated carbocycles. The lowest BCUT2D eigenvalue weighted by Gasteiger charge is -2.48. The summed E-state index contributed by atoms with van der Waals surface area (Å²) < 4.78 is 38.9. The summed E-state index contributed by atoms with van der Waals surface area (Å²) in [7, 11) is 0. The fourth-order valence-electron chi connectivity index (χ4n) is 3.80. The molecule has 0 radical (unpaired) electrons. The van der Waals surface area contributed by atoms with Crippen molar-refractivity contribution in [1.82, 2.24) is 9.80 Å². The molecule has 0 aliphatic carbocycles. The van der Waals surface area contributed by atoms with E-state index in [1.54, 1.807) is 6.08 Å². The molecule has 3 fully saturated rings. The van der Waals surface area contributed by atoms with Gasteiger partial charge in [0.1, 0.15) is 0 Å². The quantitative estimate of drug-likeness (QED) is 0.733. The molecule has 0 aromatic rings. The second kappa shape index (κ2) is 4.81. The molecule has 2 bridgehead atoms. The maximum atomic E-state index is 13.0. The third kappa shape index (κ3) is 2.32. The number of nitrogens with zero attached hydrogens (tertiary/aromatic N) is 2. The highest BCUT2D eigenvalue weighted by Gasteiger charge is 2.42. The number of fused-ring (bicyclic) bond motifs is 4. The van der Waals surface area contributed by atoms with Crippen LogP contribution in [0.2, 0.25) is 0 Å². The molecule has 5 aliphatic heterocycles. The smallest absolute Gasteiger partial charge is 0.349 e. The highest BCUT2D eigenvalue weighted by molar-refractivity contribution is 8.03. The molecule has 114 valence electrons. The zero-order chi connectivity index (χ0) is 14.6. The van der Waals surface area contributed by atoms with Crippen molar-refractivity contribution in [1.29, 1.82) is 0 Å². The first kappa shape index (κ1) is 13.8. The summed E-state index contributed by atoms with van der Waals surface area (Å²) in [4.78, 5) is 5.40. The topological polar surface area (TPSA) is 6.48 Å². The zero-order valence-corrected chi connectivity index (χ0v) is 12.4. The lowest BCUT2D eigenvalue weighted by atomic mass is 9.83. The highest BCUT2D eigenvalue weighted by atomic mass is 32.2. The van der Waals surface area contributed by atoms with E-state index < -0.39 is 6.18 Å². The minimum atomic E-state index is -4.21. The Morgan fingerprint density at radius 3 is 2.57 bits per heavy atom. The Morgan fingerprint density at radius 2 is 1.95 bits per heavy atom. The van der Waals surface area contributed by atoms with Crippen LogP contribution in [0.25, 0.3) is 0 Å². The molecular formula is C15H17F3N2S. The third-order valence-corrected chi connectivity index (χ3v) is 6.06. The van der Waals surface area contributed by atoms with Gasteiger partial charge in [0.15, 0.2) is 0 Å². The first-order valence-corrected chi connectivity index (χ1v) is 8.34. The van der Waals surface area contributed by atoms with Gasteiger partial charge in [-0.2, -0.15) is 13.2 Å². The molecular weight excluding hydrogens is 297 g/mol. The van der Waals surface area contributed by atoms with Crippen molar-refractivity contribution in [3.05, 3.63) is 34.5 Å². The van der Waals surface area contributed by atoms with Crippen LogP contribution in [0.4, 0.5) is 13.2 Å². The molecule has 0 N–H and O–H groups in total. The average molecular weight is 314 g/mol. The van der Waals surface area contributed by atoms with Gasteiger partial charge in [0.05, 0.1) is 5.57 Å². The van der Waals surface area contributed by atoms with E-state index in [1.807, 2.05) is 12.4 Å². The Labute approximate surface area is 126 Å². The lowest BCUT2D eigenvalue weighted by molar-refractivity contribution is -0.0910. The minimum absolute atomic E-state index is 0.0447. The second-order valence-corrected chi connectivity index (χ2v) is 7.16. The van der Waals surface area contributed by atoms with Gasteiger partial charge in [-0.25, -0.2) is 0 Å². The summed E-state index contributed by atoms with van der Waals surface area (Å²) in [6.45, 7) is 3.38. The van der Waals surface area contributed by atoms with Gasteiger partial charge in [0.2, 0.25) is 0 Å². The second-order valence-electron chi connectivity index (χ2n) is 6.14. The molecule has 5 aliphatic rings. The summed E-state index contributed by atoms with van der Waals surface area (Å²) in [5.74, 6) is 0.721. The largest absolute Gasteiger partial charge is 0.414 e. The van der Waals surface area contributed by atoms with Crippen LogP contribution in [0.1, 0.15) is 12.8 Å². The van der Waals surface area contributed by atoms with E-state index in [1.165, 1.54) is 37.7 Å². The molecule has 6 heteroatoms. The van der Waals surface area contributed by atoms with Gasteiger partial charge in [-0.3, -0.25) is 0 Å². The Bertz CT molecular complexity index is 542. The molecule has 3 saturated heterocycles. The molecule has 5 heterocycles. The van der Waals surface area contributed by atoms with Gasteiger partial charge in [-0.1, -0.05) is 0 Å². The monoisotopic (exact) mass is 314 g/mol. The Morgan fingerprint density at radius 1 is 1.19 bits per heavy atom. The van der Waals surface area contributed by atoms with Crippen LogP contribution >= 0.6 is 11.8 Å². The molecule has 21 heavy (non-hydrogen) atoms. The molecule has 0 unspecified atom stereocenters. The average Bonchev–Trinajstić information content (AvgIpc) is 2.91. The number of halogens is 3. The fourth-order valence-corrected chi connectivity index (χ4v) is 4.96. The van der Waals surface area contributed by atoms with Crippen molar-refractivity contribution < 1.29 is 13.2 Å². The van der Waals surface area contributed by atoms with Gasteiger partial charge < -0.3 is 9.80 Å². The minimum Gasteiger partial charge on any atom is -0.349 e. The van der Waals surface area contributed by atoms with Gasteiger partial charge >= 0.3 is 6.18 Å². The van der Waals surface area contributed by atoms with Crippen LogP contribution in [0.15, 0.2) is 34.5 Å². The third-order valence-electron chi connectivity index (χ3n) is 4.99. The molecule has 5 rings (SSSR count). The van der Waals surface area contributed by atoms with E-state index in [0.29, 0.717) is 17.5 Å². The lowest BCUT2D eigenvalue weighted by Crippen LogP contribution is -2.55. The normalized spacial score (nSPS) is 35.3. The predicted octanol–water partition coefficient (Wildman–Crippen LogP) is 3.36. The summed E-state index contributed by atoms with van der Waals surface area (Å²) in [6.07, 6.45) is 3.66. The first-order chi connectivity index (χ1) is 10.0. The van der Waals surface area contributed by atoms with Crippen LogP contribution in [0.5, 0.6) is 0 Å². The number of rotatable bonds is 1. The van der Waals surface area contributed by atoms with Crippen LogP contribution in [0, 0.1) is 5.92 Å². The van der Waals surface area contributed by atoms with E-state index in [0.717, 1.165) is 11.4 Å². The molecule has 0 aromatic heterocycles. The molecule has 0 aromatic carbocycles. The molecule has 2 nitrogen and oxygen atoms in total. The first-order valence-electron chi connectivity index (χ1n) is 7.36. The van der Waals surface area contributed by atoms with Gasteiger partial charge in [0.25, 0.3) is 0 Å². The van der Waals surface area contributed by atoms with Gasteiger partial charge in [-0.05, 0) is 43.5 Å². The van der Waals surface area contributed by atoms with E-state index >= 15 is 0 Å². The van der Waals surface area contributed by atoms with E-state index in [9.17, 15) is 13.2 Å². The Kier molecular flexibility index (Phi) is 3.15. The van der Waals surface area contributed by atoms with Crippen molar-refractivity contribution in [3.63, 3.8) is 0 Å². The number of piperidine rings is 3. The van der Waals surface area contributed by atoms with Crippen molar-refractivity contribution >= 4 is 11.8 Å². The van der Waals surface area contributed by atoms with Crippen LogP contribution < -0.4 is 0 Å². The number of alkyl halides is 3. The highest BCUT2D eigenvalue weighted by Crippen LogP contribution is 2.46. The van der Waals surface area contributed by atoms with E-state index in [4.69, 9.17) is 0 Å². The van der Waals surface area contributed by atoms with Crippen LogP contribution in [-0.2, 0) is 0 Å². The van der Waals surface area contributed by atoms with Crippen molar-refractivity contribution in [2.45, 2.75) is 25.1 Å². The molecule has 0 amide bonds. The predicted molar refractivity (Wildman–Crippen MR) is 77.6 cm³/mol. The van der Waals surface area contributed by atoms with E-state index in [2.05, 4.69) is 9.80 Å². The fraction of sp³-hybridized carbons (Fsp3) is 0.600. The summed E-state index contributed by atoms with van der Waals surface area (Å²) >= 11 is 1.31. The van der Waals surface area contributed by atoms with Crippen LogP contribution in [-0.4, -0.2) is 47.4 Å². The summed E-state index contributed by atoms with van der Waals surface area (Å²) in [5.41, 5.74) is -0.00594. The number of thioether (sulfide) groups is 1. The Hall–Kier alpha value is -0.880. The number of hydrogen-bond donors (Lipinski definition) is 0. The SMILES string of the molecule is FC(F)(F)C1=C2C=CN([C@H]3CN4CCC3CC4)C=C2SC1. The molecule has 0 spiro atoms. The maximum absolute atomic E-state index is 13.0. The van der Waals surface area contributed by atoms with Crippen molar-refractivity contribution in [2.24, 2.45) is 5.92 Å². The summed E-state index contributed by atoms with van der Waals surface area (Å²) in [5, 5.41) is 0. The van der Waals surface area contributed by atoms with Gasteiger partial charge in [-0.15, -0.1) is 11.8 Å². The Balaban J connectivity index is 1.59. The molecule has 1 atom stereocenters. The van der Waals surface area contributed by atoms with Crippen molar-refractivity contribution in [3.8, 4) is 0 Å². The van der Waals surface area contributed by atoms with E-state index in [-0.39, 0.29) is 11.3 Å². The van der Waals surface area contributed by atoms with Crippen LogP contribution in [0.3, 0.4) is 0 Å². The maximum Gasteiger partial charge on any atom is 0.414 e. The number of hydrogen-bond acceptors (Lipinski definition) is 3. The standard InChI is InChI=1S/C15H17F3N2S/c16-15(17,18)12-9-21-14-8-20(6-3-11(12)14)13-7-19-4-1-10(13)2-5-19/h3,6,8,10,13H,1-2,4-5,7,9H2/t13-/m0/s1. The van der Waals surface area contributed by atoms with Crippen molar-refractivity contribution in [2.75, 3.05) is 25.4 Å². The number of allylic oxidation sites excluding steroid dienone is 2. The zero-order valence-electron chi connectivity index (χ0n) is 11.6.